The van der Waals surface area contributed by atoms with Crippen LogP contribution in [0.2, 0.25) is 0 Å². The normalized spacial score (nSPS) is 18.8. The lowest BCUT2D eigenvalue weighted by Crippen LogP contribution is -2.50. The van der Waals surface area contributed by atoms with Gasteiger partial charge in [0.2, 0.25) is 10.0 Å². The third-order valence-corrected chi connectivity index (χ3v) is 6.10. The van der Waals surface area contributed by atoms with Gasteiger partial charge in [-0.1, -0.05) is 26.7 Å². The molecule has 0 aromatic rings. The Kier molecular flexibility index (Phi) is 10.4. The number of rotatable bonds is 9. The van der Waals surface area contributed by atoms with E-state index in [2.05, 4.69) is 39.1 Å². The van der Waals surface area contributed by atoms with Crippen LogP contribution in [0, 0.1) is 5.92 Å². The molecule has 0 aromatic heterocycles. The van der Waals surface area contributed by atoms with Gasteiger partial charge in [-0.05, 0) is 38.8 Å². The number of guanidine groups is 1. The number of hydrogen-bond acceptors (Lipinski definition) is 4. The molecule has 25 heavy (non-hydrogen) atoms. The van der Waals surface area contributed by atoms with Crippen LogP contribution in [0.1, 0.15) is 46.5 Å². The first-order valence-corrected chi connectivity index (χ1v) is 11.2. The number of nitrogens with zero attached hydrogens (tertiary/aromatic N) is 2. The zero-order chi connectivity index (χ0) is 18.7. The third kappa shape index (κ3) is 8.87. The van der Waals surface area contributed by atoms with Crippen LogP contribution in [0.5, 0.6) is 0 Å². The average Bonchev–Trinajstić information content (AvgIpc) is 2.86. The summed E-state index contributed by atoms with van der Waals surface area (Å²) in [5, 5.41) is 6.57. The molecule has 8 heteroatoms. The molecule has 0 radical (unpaired) electrons. The van der Waals surface area contributed by atoms with Crippen molar-refractivity contribution in [2.45, 2.75) is 52.5 Å². The van der Waals surface area contributed by atoms with Crippen LogP contribution in [0.15, 0.2) is 4.99 Å². The van der Waals surface area contributed by atoms with Crippen molar-refractivity contribution in [1.29, 1.82) is 0 Å². The molecule has 1 saturated heterocycles. The fraction of sp³-hybridized carbons (Fsp3) is 0.941. The van der Waals surface area contributed by atoms with Crippen molar-refractivity contribution in [3.05, 3.63) is 0 Å². The van der Waals surface area contributed by atoms with Crippen LogP contribution in [0.4, 0.5) is 0 Å². The lowest BCUT2D eigenvalue weighted by atomic mass is 10.0. The van der Waals surface area contributed by atoms with Gasteiger partial charge < -0.3 is 10.6 Å². The maximum atomic E-state index is 11.4. The highest BCUT2D eigenvalue weighted by molar-refractivity contribution is 7.89. The Balaban J connectivity index is 2.42. The van der Waals surface area contributed by atoms with Gasteiger partial charge in [-0.15, -0.1) is 0 Å². The van der Waals surface area contributed by atoms with E-state index in [9.17, 15) is 8.42 Å². The molecule has 7 nitrogen and oxygen atoms in total. The van der Waals surface area contributed by atoms with Crippen LogP contribution < -0.4 is 15.4 Å². The van der Waals surface area contributed by atoms with Crippen LogP contribution in [0.25, 0.3) is 0 Å². The van der Waals surface area contributed by atoms with Crippen molar-refractivity contribution in [1.82, 2.24) is 20.3 Å². The average molecular weight is 376 g/mol. The second-order valence-electron chi connectivity index (χ2n) is 6.94. The molecule has 1 fully saturated rings. The monoisotopic (exact) mass is 375 g/mol. The Bertz CT molecular complexity index is 485. The van der Waals surface area contributed by atoms with Gasteiger partial charge in [0.15, 0.2) is 5.96 Å². The Morgan fingerprint density at radius 3 is 2.24 bits per heavy atom. The van der Waals surface area contributed by atoms with Crippen LogP contribution in [-0.4, -0.2) is 70.8 Å². The van der Waals surface area contributed by atoms with E-state index in [0.29, 0.717) is 25.0 Å². The quantitative estimate of drug-likeness (QED) is 0.318. The summed E-state index contributed by atoms with van der Waals surface area (Å²) in [7, 11) is -1.40. The first-order chi connectivity index (χ1) is 11.9. The summed E-state index contributed by atoms with van der Waals surface area (Å²) < 4.78 is 25.4. The summed E-state index contributed by atoms with van der Waals surface area (Å²) in [5.41, 5.74) is 0. The molecule has 1 unspecified atom stereocenters. The molecule has 148 valence electrons. The van der Waals surface area contributed by atoms with E-state index in [0.717, 1.165) is 12.5 Å². The molecule has 0 spiro atoms. The molecular formula is C17H37N5O2S. The number of nitrogens with one attached hydrogen (secondary N) is 3. The molecule has 1 atom stereocenters. The molecule has 1 heterocycles. The van der Waals surface area contributed by atoms with Crippen molar-refractivity contribution in [2.75, 3.05) is 45.5 Å². The lowest BCUT2D eigenvalue weighted by Gasteiger charge is -2.34. The van der Waals surface area contributed by atoms with E-state index in [1.54, 1.807) is 14.0 Å². The molecule has 1 aliphatic rings. The van der Waals surface area contributed by atoms with Crippen molar-refractivity contribution in [3.8, 4) is 0 Å². The molecule has 0 aromatic carbocycles. The fourth-order valence-electron chi connectivity index (χ4n) is 3.12. The van der Waals surface area contributed by atoms with Gasteiger partial charge in [0.1, 0.15) is 0 Å². The largest absolute Gasteiger partial charge is 0.355 e. The maximum Gasteiger partial charge on any atom is 0.211 e. The molecule has 0 bridgehead atoms. The summed E-state index contributed by atoms with van der Waals surface area (Å²) in [4.78, 5) is 6.84. The lowest BCUT2D eigenvalue weighted by molar-refractivity contribution is 0.161. The highest BCUT2D eigenvalue weighted by atomic mass is 32.2. The Hall–Kier alpha value is -0.860. The third-order valence-electron chi connectivity index (χ3n) is 4.70. The number of sulfonamides is 1. The standard InChI is InChI=1S/C17H37N5O2S/c1-5-25(23,24)21-11-10-19-17(18-4)20-14-16(15(2)3)22-12-8-6-7-9-13-22/h15-16,21H,5-14H2,1-4H3,(H2,18,19,20). The highest BCUT2D eigenvalue weighted by Crippen LogP contribution is 2.16. The molecule has 0 aliphatic carbocycles. The molecule has 1 aliphatic heterocycles. The smallest absolute Gasteiger partial charge is 0.211 e. The van der Waals surface area contributed by atoms with E-state index in [1.165, 1.54) is 38.8 Å². The fourth-order valence-corrected chi connectivity index (χ4v) is 3.74. The van der Waals surface area contributed by atoms with Crippen molar-refractivity contribution < 1.29 is 8.42 Å². The number of likely N-dealkylation sites (tertiary alicyclic amines) is 1. The van der Waals surface area contributed by atoms with Crippen LogP contribution >= 0.6 is 0 Å². The Morgan fingerprint density at radius 1 is 1.08 bits per heavy atom. The van der Waals surface area contributed by atoms with E-state index in [-0.39, 0.29) is 5.75 Å². The highest BCUT2D eigenvalue weighted by Gasteiger charge is 2.22. The zero-order valence-corrected chi connectivity index (χ0v) is 17.2. The van der Waals surface area contributed by atoms with Crippen LogP contribution in [-0.2, 0) is 10.0 Å². The van der Waals surface area contributed by atoms with Gasteiger partial charge in [-0.3, -0.25) is 9.89 Å². The molecule has 3 N–H and O–H groups in total. The van der Waals surface area contributed by atoms with Gasteiger partial charge in [-0.2, -0.15) is 0 Å². The second kappa shape index (κ2) is 11.7. The minimum atomic E-state index is -3.14. The van der Waals surface area contributed by atoms with Gasteiger partial charge in [0.05, 0.1) is 5.75 Å². The minimum absolute atomic E-state index is 0.103. The summed E-state index contributed by atoms with van der Waals surface area (Å²) in [5.74, 6) is 1.39. The van der Waals surface area contributed by atoms with Gasteiger partial charge >= 0.3 is 0 Å². The number of hydrogen-bond donors (Lipinski definition) is 3. The SMILES string of the molecule is CCS(=O)(=O)NCCNC(=NC)NCC(C(C)C)N1CCCCCC1. The molecule has 0 amide bonds. The topological polar surface area (TPSA) is 85.8 Å². The first-order valence-electron chi connectivity index (χ1n) is 9.55. The zero-order valence-electron chi connectivity index (χ0n) is 16.3. The predicted molar refractivity (Wildman–Crippen MR) is 105 cm³/mol. The number of aliphatic imine (C=N–C) groups is 1. The van der Waals surface area contributed by atoms with Crippen molar-refractivity contribution in [3.63, 3.8) is 0 Å². The van der Waals surface area contributed by atoms with Gasteiger partial charge in [0.25, 0.3) is 0 Å². The van der Waals surface area contributed by atoms with E-state index in [1.807, 2.05) is 0 Å². The second-order valence-corrected chi connectivity index (χ2v) is 9.03. The predicted octanol–water partition coefficient (Wildman–Crippen LogP) is 0.991. The van der Waals surface area contributed by atoms with Crippen molar-refractivity contribution in [2.24, 2.45) is 10.9 Å². The summed E-state index contributed by atoms with van der Waals surface area (Å²) >= 11 is 0. The van der Waals surface area contributed by atoms with Crippen LogP contribution in [0.3, 0.4) is 0 Å². The Morgan fingerprint density at radius 2 is 1.72 bits per heavy atom. The molecule has 1 rings (SSSR count). The maximum absolute atomic E-state index is 11.4. The van der Waals surface area contributed by atoms with Crippen molar-refractivity contribution >= 4 is 16.0 Å². The van der Waals surface area contributed by atoms with E-state index >= 15 is 0 Å². The first kappa shape index (κ1) is 22.2. The minimum Gasteiger partial charge on any atom is -0.355 e. The molecule has 0 saturated carbocycles. The van der Waals surface area contributed by atoms with E-state index in [4.69, 9.17) is 0 Å². The summed E-state index contributed by atoms with van der Waals surface area (Å²) in [6, 6.07) is 0.482. The summed E-state index contributed by atoms with van der Waals surface area (Å²) in [6.07, 6.45) is 5.25. The van der Waals surface area contributed by atoms with Gasteiger partial charge in [0, 0.05) is 32.7 Å². The Labute approximate surface area is 154 Å². The summed E-state index contributed by atoms with van der Waals surface area (Å²) in [6.45, 7) is 10.2. The van der Waals surface area contributed by atoms with E-state index < -0.39 is 10.0 Å². The van der Waals surface area contributed by atoms with Gasteiger partial charge in [-0.25, -0.2) is 13.1 Å². The molecular weight excluding hydrogens is 338 g/mol.